The van der Waals surface area contributed by atoms with Crippen molar-refractivity contribution in [2.75, 3.05) is 0 Å². The van der Waals surface area contributed by atoms with Crippen LogP contribution < -0.4 is 10.6 Å². The van der Waals surface area contributed by atoms with Gasteiger partial charge in [-0.3, -0.25) is 4.79 Å². The van der Waals surface area contributed by atoms with Crippen molar-refractivity contribution in [2.24, 2.45) is 29.6 Å². The van der Waals surface area contributed by atoms with E-state index in [1.54, 1.807) is 0 Å². The highest BCUT2D eigenvalue weighted by Gasteiger charge is 2.54. The summed E-state index contributed by atoms with van der Waals surface area (Å²) in [6, 6.07) is 0.481. The van der Waals surface area contributed by atoms with Gasteiger partial charge in [-0.25, -0.2) is 4.79 Å². The van der Waals surface area contributed by atoms with E-state index in [1.165, 1.54) is 32.1 Å². The van der Waals surface area contributed by atoms with Crippen LogP contribution in [-0.2, 0) is 4.79 Å². The number of hydrogen-bond acceptors (Lipinski definition) is 2. The van der Waals surface area contributed by atoms with Crippen molar-refractivity contribution in [1.29, 1.82) is 0 Å². The Morgan fingerprint density at radius 3 is 2.30 bits per heavy atom. The first-order valence-corrected chi connectivity index (χ1v) is 9.41. The smallest absolute Gasteiger partial charge is 0.315 e. The van der Waals surface area contributed by atoms with Gasteiger partial charge >= 0.3 is 12.0 Å². The van der Waals surface area contributed by atoms with E-state index in [1.807, 2.05) is 0 Å². The van der Waals surface area contributed by atoms with Crippen LogP contribution in [0.4, 0.5) is 4.79 Å². The van der Waals surface area contributed by atoms with Crippen LogP contribution in [0.5, 0.6) is 0 Å². The number of aliphatic carboxylic acids is 1. The molecule has 3 N–H and O–H groups in total. The molecule has 0 radical (unpaired) electrons. The van der Waals surface area contributed by atoms with Crippen LogP contribution in [0, 0.1) is 29.6 Å². The summed E-state index contributed by atoms with van der Waals surface area (Å²) in [7, 11) is 0. The highest BCUT2D eigenvalue weighted by atomic mass is 16.4. The minimum Gasteiger partial charge on any atom is -0.481 e. The van der Waals surface area contributed by atoms with Crippen LogP contribution in [0.2, 0.25) is 0 Å². The summed E-state index contributed by atoms with van der Waals surface area (Å²) in [4.78, 5) is 23.3. The van der Waals surface area contributed by atoms with Crippen molar-refractivity contribution in [1.82, 2.24) is 10.6 Å². The van der Waals surface area contributed by atoms with E-state index in [9.17, 15) is 9.59 Å². The molecular weight excluding hydrogens is 292 g/mol. The van der Waals surface area contributed by atoms with Gasteiger partial charge in [0.2, 0.25) is 0 Å². The standard InChI is InChI=1S/C18H28N2O3/c21-17(22)10-4-6-12(7-5-10)19-18(23)20-16-9-11-8-15(16)14-3-1-2-13(11)14/h10-16H,1-9H2,(H,21,22)(H2,19,20,23). The Morgan fingerprint density at radius 1 is 0.826 bits per heavy atom. The summed E-state index contributed by atoms with van der Waals surface area (Å²) in [6.45, 7) is 0. The largest absolute Gasteiger partial charge is 0.481 e. The number of rotatable bonds is 3. The minimum absolute atomic E-state index is 0.0316. The second-order valence-corrected chi connectivity index (χ2v) is 8.27. The zero-order chi connectivity index (χ0) is 16.0. The maximum atomic E-state index is 12.3. The van der Waals surface area contributed by atoms with E-state index in [-0.39, 0.29) is 18.0 Å². The third-order valence-corrected chi connectivity index (χ3v) is 7.16. The van der Waals surface area contributed by atoms with Crippen molar-refractivity contribution in [3.63, 3.8) is 0 Å². The summed E-state index contributed by atoms with van der Waals surface area (Å²) in [5.41, 5.74) is 0. The van der Waals surface area contributed by atoms with Crippen molar-refractivity contribution >= 4 is 12.0 Å². The summed E-state index contributed by atoms with van der Waals surface area (Å²) >= 11 is 0. The summed E-state index contributed by atoms with van der Waals surface area (Å²) in [5.74, 6) is 2.46. The molecule has 5 unspecified atom stereocenters. The molecule has 0 heterocycles. The Bertz CT molecular complexity index is 487. The van der Waals surface area contributed by atoms with E-state index in [0.29, 0.717) is 24.8 Å². The van der Waals surface area contributed by atoms with Crippen molar-refractivity contribution in [2.45, 2.75) is 69.9 Å². The van der Waals surface area contributed by atoms with Gasteiger partial charge in [0.05, 0.1) is 5.92 Å². The average molecular weight is 320 g/mol. The molecular formula is C18H28N2O3. The van der Waals surface area contributed by atoms with E-state index >= 15 is 0 Å². The van der Waals surface area contributed by atoms with Crippen molar-refractivity contribution in [3.8, 4) is 0 Å². The Balaban J connectivity index is 1.25. The number of carbonyl (C=O) groups excluding carboxylic acids is 1. The number of carboxylic acid groups (broad SMARTS) is 1. The third-order valence-electron chi connectivity index (χ3n) is 7.16. The van der Waals surface area contributed by atoms with Gasteiger partial charge in [-0.15, -0.1) is 0 Å². The highest BCUT2D eigenvalue weighted by Crippen LogP contribution is 2.58. The molecule has 5 heteroatoms. The molecule has 0 saturated heterocycles. The molecule has 4 aliphatic rings. The monoisotopic (exact) mass is 320 g/mol. The lowest BCUT2D eigenvalue weighted by atomic mass is 9.79. The van der Waals surface area contributed by atoms with Gasteiger partial charge in [0, 0.05) is 12.1 Å². The Labute approximate surface area is 137 Å². The van der Waals surface area contributed by atoms with Gasteiger partial charge in [0.25, 0.3) is 0 Å². The molecule has 4 saturated carbocycles. The topological polar surface area (TPSA) is 78.4 Å². The van der Waals surface area contributed by atoms with Gasteiger partial charge in [0.15, 0.2) is 0 Å². The molecule has 4 aliphatic carbocycles. The van der Waals surface area contributed by atoms with Gasteiger partial charge in [0.1, 0.15) is 0 Å². The van der Waals surface area contributed by atoms with Crippen molar-refractivity contribution in [3.05, 3.63) is 0 Å². The predicted molar refractivity (Wildman–Crippen MR) is 85.9 cm³/mol. The number of carbonyl (C=O) groups is 2. The van der Waals surface area contributed by atoms with Gasteiger partial charge in [-0.1, -0.05) is 6.42 Å². The van der Waals surface area contributed by atoms with Crippen LogP contribution in [0.15, 0.2) is 0 Å². The van der Waals surface area contributed by atoms with Crippen molar-refractivity contribution < 1.29 is 14.7 Å². The van der Waals surface area contributed by atoms with Gasteiger partial charge in [-0.05, 0) is 75.0 Å². The van der Waals surface area contributed by atoms with Gasteiger partial charge < -0.3 is 15.7 Å². The zero-order valence-electron chi connectivity index (χ0n) is 13.7. The molecule has 128 valence electrons. The molecule has 0 aromatic heterocycles. The number of fused-ring (bicyclic) bond motifs is 5. The number of carboxylic acids is 1. The molecule has 5 nitrogen and oxygen atoms in total. The second kappa shape index (κ2) is 5.99. The number of nitrogens with one attached hydrogen (secondary N) is 2. The van der Waals surface area contributed by atoms with E-state index in [4.69, 9.17) is 5.11 Å². The molecule has 2 amide bonds. The zero-order valence-corrected chi connectivity index (χ0v) is 13.7. The van der Waals surface area contributed by atoms with Crippen LogP contribution in [0.25, 0.3) is 0 Å². The van der Waals surface area contributed by atoms with Crippen LogP contribution >= 0.6 is 0 Å². The first kappa shape index (κ1) is 15.3. The lowest BCUT2D eigenvalue weighted by Gasteiger charge is -2.33. The lowest BCUT2D eigenvalue weighted by molar-refractivity contribution is -0.142. The second-order valence-electron chi connectivity index (χ2n) is 8.27. The molecule has 23 heavy (non-hydrogen) atoms. The maximum Gasteiger partial charge on any atom is 0.315 e. The Kier molecular flexibility index (Phi) is 3.98. The summed E-state index contributed by atoms with van der Waals surface area (Å²) in [5, 5.41) is 15.4. The number of amides is 2. The molecule has 2 bridgehead atoms. The molecule has 0 aliphatic heterocycles. The molecule has 0 aromatic carbocycles. The molecule has 4 fully saturated rings. The number of urea groups is 1. The fourth-order valence-electron chi connectivity index (χ4n) is 6.11. The first-order valence-electron chi connectivity index (χ1n) is 9.41. The van der Waals surface area contributed by atoms with Gasteiger partial charge in [-0.2, -0.15) is 0 Å². The molecule has 4 rings (SSSR count). The Morgan fingerprint density at radius 2 is 1.57 bits per heavy atom. The predicted octanol–water partition coefficient (Wildman–Crippen LogP) is 2.75. The number of hydrogen-bond donors (Lipinski definition) is 3. The van der Waals surface area contributed by atoms with E-state index in [0.717, 1.165) is 30.6 Å². The van der Waals surface area contributed by atoms with E-state index in [2.05, 4.69) is 10.6 Å². The molecule has 0 spiro atoms. The van der Waals surface area contributed by atoms with Crippen LogP contribution in [0.3, 0.4) is 0 Å². The summed E-state index contributed by atoms with van der Waals surface area (Å²) in [6.07, 6.45) is 9.58. The fraction of sp³-hybridized carbons (Fsp3) is 0.889. The summed E-state index contributed by atoms with van der Waals surface area (Å²) < 4.78 is 0. The lowest BCUT2D eigenvalue weighted by Crippen LogP contribution is -2.50. The molecule has 0 aromatic rings. The average Bonchev–Trinajstić information content (AvgIpc) is 3.19. The van der Waals surface area contributed by atoms with Crippen LogP contribution in [0.1, 0.15) is 57.8 Å². The highest BCUT2D eigenvalue weighted by molar-refractivity contribution is 5.75. The quantitative estimate of drug-likeness (QED) is 0.748. The first-order chi connectivity index (χ1) is 11.1. The normalized spacial score (nSPS) is 44.8. The SMILES string of the molecule is O=C(NC1CCC(C(=O)O)CC1)NC1CC2CC1C1CCCC21. The molecule has 5 atom stereocenters. The third kappa shape index (κ3) is 2.83. The van der Waals surface area contributed by atoms with E-state index < -0.39 is 5.97 Å². The Hall–Kier alpha value is -1.26. The fourth-order valence-corrected chi connectivity index (χ4v) is 6.11. The van der Waals surface area contributed by atoms with Crippen LogP contribution in [-0.4, -0.2) is 29.2 Å². The maximum absolute atomic E-state index is 12.3. The minimum atomic E-state index is -0.694.